The van der Waals surface area contributed by atoms with Crippen LogP contribution in [0.3, 0.4) is 0 Å². The largest absolute Gasteiger partial charge is 0.341 e. The Balaban J connectivity index is 1.19. The van der Waals surface area contributed by atoms with E-state index in [0.717, 1.165) is 69.8 Å². The molecule has 0 aromatic heterocycles. The first kappa shape index (κ1) is 24.6. The Morgan fingerprint density at radius 3 is 2.11 bits per heavy atom. The highest BCUT2D eigenvalue weighted by Crippen LogP contribution is 2.50. The molecule has 5 aliphatic rings. The lowest BCUT2D eigenvalue weighted by molar-refractivity contribution is -0.247. The van der Waals surface area contributed by atoms with Crippen LogP contribution >= 0.6 is 11.6 Å². The molecular formula is C26H33ClN2O7. The minimum absolute atomic E-state index is 0.335. The van der Waals surface area contributed by atoms with Crippen molar-refractivity contribution in [2.45, 2.75) is 113 Å². The molecule has 36 heavy (non-hydrogen) atoms. The zero-order chi connectivity index (χ0) is 24.9. The lowest BCUT2D eigenvalue weighted by Gasteiger charge is -2.36. The SMILES string of the molecule is Cc1ccc(C(=O)NNC(=O)C2OC3OC4(CCCCC4)OC3C3OC4(CCCCC4)OC23)cc1Cl. The van der Waals surface area contributed by atoms with Gasteiger partial charge in [-0.25, -0.2) is 0 Å². The van der Waals surface area contributed by atoms with Gasteiger partial charge in [0.2, 0.25) is 0 Å². The number of benzene rings is 1. The highest BCUT2D eigenvalue weighted by Gasteiger charge is 2.65. The summed E-state index contributed by atoms with van der Waals surface area (Å²) in [5.41, 5.74) is 6.16. The molecule has 0 radical (unpaired) electrons. The van der Waals surface area contributed by atoms with Crippen molar-refractivity contribution in [1.29, 1.82) is 0 Å². The van der Waals surface area contributed by atoms with Gasteiger partial charge in [-0.15, -0.1) is 0 Å². The molecule has 1 aromatic rings. The average molecular weight is 521 g/mol. The van der Waals surface area contributed by atoms with Crippen LogP contribution in [-0.2, 0) is 28.5 Å². The van der Waals surface area contributed by atoms with Crippen molar-refractivity contribution in [3.8, 4) is 0 Å². The molecule has 5 unspecified atom stereocenters. The second kappa shape index (κ2) is 9.53. The second-order valence-electron chi connectivity index (χ2n) is 10.6. The van der Waals surface area contributed by atoms with Gasteiger partial charge >= 0.3 is 0 Å². The van der Waals surface area contributed by atoms with E-state index in [4.69, 9.17) is 35.3 Å². The Morgan fingerprint density at radius 1 is 0.833 bits per heavy atom. The molecule has 2 saturated carbocycles. The molecule has 5 atom stereocenters. The molecule has 1 aromatic carbocycles. The molecule has 2 N–H and O–H groups in total. The van der Waals surface area contributed by atoms with E-state index in [1.165, 1.54) is 0 Å². The van der Waals surface area contributed by atoms with Crippen LogP contribution in [-0.4, -0.2) is 54.1 Å². The standard InChI is InChI=1S/C26H33ClN2O7/c1-15-8-9-16(14-17(15)27)22(30)28-29-23(31)20-18-19(34-25(33-18)10-4-2-5-11-25)21-24(32-20)36-26(35-21)12-6-3-7-13-26/h8-9,14,18-21,24H,2-7,10-13H2,1H3,(H,28,30)(H,29,31). The molecule has 2 aliphatic carbocycles. The number of nitrogens with one attached hydrogen (secondary N) is 2. The van der Waals surface area contributed by atoms with Gasteiger partial charge in [0.25, 0.3) is 11.8 Å². The minimum Gasteiger partial charge on any atom is -0.341 e. The number of ether oxygens (including phenoxy) is 5. The first-order chi connectivity index (χ1) is 17.4. The maximum atomic E-state index is 13.3. The number of hydrogen-bond donors (Lipinski definition) is 2. The summed E-state index contributed by atoms with van der Waals surface area (Å²) in [7, 11) is 0. The van der Waals surface area contributed by atoms with E-state index in [-0.39, 0.29) is 0 Å². The molecule has 6 rings (SSSR count). The number of hydrazine groups is 1. The predicted octanol–water partition coefficient (Wildman–Crippen LogP) is 3.65. The number of amides is 2. The molecular weight excluding hydrogens is 488 g/mol. The molecule has 5 fully saturated rings. The number of carbonyl (C=O) groups is 2. The molecule has 3 aliphatic heterocycles. The van der Waals surface area contributed by atoms with Crippen molar-refractivity contribution in [3.05, 3.63) is 34.3 Å². The van der Waals surface area contributed by atoms with Crippen molar-refractivity contribution < 1.29 is 33.3 Å². The summed E-state index contributed by atoms with van der Waals surface area (Å²) in [6, 6.07) is 4.96. The van der Waals surface area contributed by atoms with Gasteiger partial charge < -0.3 is 23.7 Å². The van der Waals surface area contributed by atoms with Gasteiger partial charge in [0.1, 0.15) is 18.3 Å². The average Bonchev–Trinajstić information content (AvgIpc) is 3.42. The van der Waals surface area contributed by atoms with Crippen LogP contribution in [0, 0.1) is 6.92 Å². The number of aryl methyl sites for hydroxylation is 1. The van der Waals surface area contributed by atoms with Crippen molar-refractivity contribution in [2.24, 2.45) is 0 Å². The van der Waals surface area contributed by atoms with Crippen molar-refractivity contribution in [3.63, 3.8) is 0 Å². The lowest BCUT2D eigenvalue weighted by Crippen LogP contribution is -2.61. The Kier molecular flexibility index (Phi) is 6.50. The Bertz CT molecular complexity index is 1020. The Morgan fingerprint density at radius 2 is 1.44 bits per heavy atom. The smallest absolute Gasteiger partial charge is 0.270 e. The summed E-state index contributed by atoms with van der Waals surface area (Å²) in [4.78, 5) is 25.9. The maximum absolute atomic E-state index is 13.3. The van der Waals surface area contributed by atoms with Crippen LogP contribution in [0.25, 0.3) is 0 Å². The highest BCUT2D eigenvalue weighted by atomic mass is 35.5. The lowest BCUT2D eigenvalue weighted by atomic mass is 9.94. The van der Waals surface area contributed by atoms with Gasteiger partial charge in [0.05, 0.1) is 0 Å². The normalized spacial score (nSPS) is 34.2. The summed E-state index contributed by atoms with van der Waals surface area (Å²) in [5.74, 6) is -2.45. The summed E-state index contributed by atoms with van der Waals surface area (Å²) in [5, 5.41) is 0.475. The summed E-state index contributed by atoms with van der Waals surface area (Å²) in [6.45, 7) is 1.85. The van der Waals surface area contributed by atoms with Crippen LogP contribution in [0.5, 0.6) is 0 Å². The van der Waals surface area contributed by atoms with Crippen molar-refractivity contribution in [1.82, 2.24) is 10.9 Å². The molecule has 2 spiro atoms. The summed E-state index contributed by atoms with van der Waals surface area (Å²) in [6.07, 6.45) is 6.04. The Hall–Kier alpha value is -1.75. The van der Waals surface area contributed by atoms with Crippen molar-refractivity contribution >= 4 is 23.4 Å². The number of rotatable bonds is 2. The Labute approximate surface area is 215 Å². The molecule has 10 heteroatoms. The van der Waals surface area contributed by atoms with Gasteiger partial charge in [-0.1, -0.05) is 30.5 Å². The second-order valence-corrected chi connectivity index (χ2v) is 11.0. The number of fused-ring (bicyclic) bond motifs is 3. The van der Waals surface area contributed by atoms with Gasteiger partial charge in [-0.05, 0) is 50.3 Å². The monoisotopic (exact) mass is 520 g/mol. The zero-order valence-electron chi connectivity index (χ0n) is 20.4. The molecule has 0 bridgehead atoms. The third kappa shape index (κ3) is 4.44. The fourth-order valence-corrected chi connectivity index (χ4v) is 6.34. The van der Waals surface area contributed by atoms with E-state index in [0.29, 0.717) is 10.6 Å². The fourth-order valence-electron chi connectivity index (χ4n) is 6.16. The molecule has 196 valence electrons. The first-order valence-electron chi connectivity index (χ1n) is 13.1. The van der Waals surface area contributed by atoms with E-state index in [1.807, 2.05) is 6.92 Å². The maximum Gasteiger partial charge on any atom is 0.270 e. The van der Waals surface area contributed by atoms with Crippen LogP contribution in [0.15, 0.2) is 18.2 Å². The minimum atomic E-state index is -1.03. The van der Waals surface area contributed by atoms with E-state index in [1.54, 1.807) is 18.2 Å². The van der Waals surface area contributed by atoms with Crippen LogP contribution < -0.4 is 10.9 Å². The van der Waals surface area contributed by atoms with Crippen LogP contribution in [0.2, 0.25) is 5.02 Å². The molecule has 9 nitrogen and oxygen atoms in total. The summed E-state index contributed by atoms with van der Waals surface area (Å²) < 4.78 is 32.0. The number of carbonyl (C=O) groups excluding carboxylic acids is 2. The highest BCUT2D eigenvalue weighted by molar-refractivity contribution is 6.31. The molecule has 3 saturated heterocycles. The fraction of sp³-hybridized carbons (Fsp3) is 0.692. The van der Waals surface area contributed by atoms with Gasteiger partial charge in [0.15, 0.2) is 24.0 Å². The number of hydrogen-bond acceptors (Lipinski definition) is 7. The first-order valence-corrected chi connectivity index (χ1v) is 13.5. The van der Waals surface area contributed by atoms with E-state index < -0.39 is 54.1 Å². The van der Waals surface area contributed by atoms with E-state index >= 15 is 0 Å². The topological polar surface area (TPSA) is 104 Å². The van der Waals surface area contributed by atoms with Crippen LogP contribution in [0.1, 0.15) is 80.1 Å². The van der Waals surface area contributed by atoms with Gasteiger partial charge in [0, 0.05) is 36.3 Å². The molecule has 2 amide bonds. The molecule has 3 heterocycles. The van der Waals surface area contributed by atoms with Crippen LogP contribution in [0.4, 0.5) is 0 Å². The van der Waals surface area contributed by atoms with E-state index in [9.17, 15) is 9.59 Å². The van der Waals surface area contributed by atoms with Gasteiger partial charge in [-0.3, -0.25) is 20.4 Å². The van der Waals surface area contributed by atoms with Gasteiger partial charge in [-0.2, -0.15) is 0 Å². The number of halogens is 1. The quantitative estimate of drug-likeness (QED) is 0.573. The third-order valence-electron chi connectivity index (χ3n) is 8.10. The predicted molar refractivity (Wildman–Crippen MR) is 128 cm³/mol. The van der Waals surface area contributed by atoms with E-state index in [2.05, 4.69) is 10.9 Å². The zero-order valence-corrected chi connectivity index (χ0v) is 21.2. The third-order valence-corrected chi connectivity index (χ3v) is 8.51. The summed E-state index contributed by atoms with van der Waals surface area (Å²) >= 11 is 6.14. The van der Waals surface area contributed by atoms with Crippen molar-refractivity contribution in [2.75, 3.05) is 0 Å².